The molecule has 0 saturated carbocycles. The summed E-state index contributed by atoms with van der Waals surface area (Å²) in [5.74, 6) is -0.230. The Morgan fingerprint density at radius 1 is 1.44 bits per heavy atom. The van der Waals surface area contributed by atoms with E-state index in [1.54, 1.807) is 0 Å². The second kappa shape index (κ2) is 10.5. The SMILES string of the molecule is CCCC=CCCC(=O)OC(OCCCO)N1CNc2c1nc(N)[nH]c2=O. The molecule has 10 heteroatoms. The Hall–Kier alpha value is -2.59. The van der Waals surface area contributed by atoms with Crippen LogP contribution in [0.1, 0.15) is 39.0 Å². The number of anilines is 3. The quantitative estimate of drug-likeness (QED) is 0.190. The number of rotatable bonds is 11. The van der Waals surface area contributed by atoms with E-state index in [1.165, 1.54) is 4.90 Å². The molecule has 0 spiro atoms. The van der Waals surface area contributed by atoms with Crippen LogP contribution in [0.25, 0.3) is 0 Å². The van der Waals surface area contributed by atoms with Crippen LogP contribution in [0.4, 0.5) is 17.5 Å². The third-order valence-corrected chi connectivity index (χ3v) is 3.80. The van der Waals surface area contributed by atoms with Gasteiger partial charge < -0.3 is 25.6 Å². The molecule has 1 aliphatic heterocycles. The number of nitrogens with two attached hydrogens (primary N) is 1. The van der Waals surface area contributed by atoms with E-state index in [1.807, 2.05) is 12.2 Å². The molecule has 0 fully saturated rings. The van der Waals surface area contributed by atoms with Gasteiger partial charge in [-0.25, -0.2) is 0 Å². The summed E-state index contributed by atoms with van der Waals surface area (Å²) >= 11 is 0. The molecule has 0 amide bonds. The van der Waals surface area contributed by atoms with Gasteiger partial charge in [0.15, 0.2) is 5.82 Å². The highest BCUT2D eigenvalue weighted by Gasteiger charge is 2.32. The maximum absolute atomic E-state index is 12.2. The Morgan fingerprint density at radius 3 is 2.96 bits per heavy atom. The molecule has 5 N–H and O–H groups in total. The first-order valence-electron chi connectivity index (χ1n) is 9.04. The fraction of sp³-hybridized carbons (Fsp3) is 0.588. The van der Waals surface area contributed by atoms with Crippen molar-refractivity contribution in [1.82, 2.24) is 9.97 Å². The molecule has 10 nitrogen and oxygen atoms in total. The number of ether oxygens (including phenoxy) is 2. The second-order valence-corrected chi connectivity index (χ2v) is 6.00. The maximum atomic E-state index is 12.2. The summed E-state index contributed by atoms with van der Waals surface area (Å²) in [7, 11) is 0. The first kappa shape index (κ1) is 20.7. The molecular formula is C17H27N5O5. The maximum Gasteiger partial charge on any atom is 0.309 e. The number of hydrogen-bond donors (Lipinski definition) is 4. The highest BCUT2D eigenvalue weighted by Crippen LogP contribution is 2.28. The zero-order chi connectivity index (χ0) is 19.6. The van der Waals surface area contributed by atoms with Gasteiger partial charge >= 0.3 is 5.97 Å². The molecule has 0 aliphatic carbocycles. The van der Waals surface area contributed by atoms with Gasteiger partial charge in [0.25, 0.3) is 12.0 Å². The van der Waals surface area contributed by atoms with Crippen molar-refractivity contribution in [3.8, 4) is 0 Å². The molecule has 27 heavy (non-hydrogen) atoms. The Bertz CT molecular complexity index is 705. The molecule has 1 unspecified atom stereocenters. The minimum absolute atomic E-state index is 0.0473. The molecule has 1 aromatic rings. The van der Waals surface area contributed by atoms with Crippen molar-refractivity contribution < 1.29 is 19.4 Å². The molecule has 1 atom stereocenters. The van der Waals surface area contributed by atoms with Crippen LogP contribution in [-0.2, 0) is 14.3 Å². The molecule has 2 rings (SSSR count). The van der Waals surface area contributed by atoms with E-state index in [0.717, 1.165) is 12.8 Å². The van der Waals surface area contributed by atoms with Gasteiger partial charge in [0, 0.05) is 13.0 Å². The Labute approximate surface area is 157 Å². The van der Waals surface area contributed by atoms with Gasteiger partial charge in [-0.1, -0.05) is 25.5 Å². The van der Waals surface area contributed by atoms with Crippen LogP contribution in [0.15, 0.2) is 16.9 Å². The summed E-state index contributed by atoms with van der Waals surface area (Å²) in [5.41, 5.74) is 5.43. The highest BCUT2D eigenvalue weighted by molar-refractivity contribution is 5.73. The van der Waals surface area contributed by atoms with Crippen molar-refractivity contribution in [3.05, 3.63) is 22.5 Å². The van der Waals surface area contributed by atoms with E-state index < -0.39 is 17.9 Å². The lowest BCUT2D eigenvalue weighted by Gasteiger charge is -2.27. The average molecular weight is 381 g/mol. The molecule has 0 aromatic carbocycles. The van der Waals surface area contributed by atoms with Crippen molar-refractivity contribution in [2.45, 2.75) is 45.4 Å². The molecule has 150 valence electrons. The van der Waals surface area contributed by atoms with Gasteiger partial charge in [0.2, 0.25) is 5.95 Å². The minimum Gasteiger partial charge on any atom is -0.416 e. The van der Waals surface area contributed by atoms with Gasteiger partial charge in [0.05, 0.1) is 13.3 Å². The number of hydrogen-bond acceptors (Lipinski definition) is 9. The number of nitrogens with one attached hydrogen (secondary N) is 2. The lowest BCUT2D eigenvalue weighted by molar-refractivity contribution is -0.178. The number of unbranched alkanes of at least 4 members (excludes halogenated alkanes) is 1. The molecule has 0 saturated heterocycles. The first-order valence-corrected chi connectivity index (χ1v) is 9.04. The van der Waals surface area contributed by atoms with E-state index in [0.29, 0.717) is 12.8 Å². The Morgan fingerprint density at radius 2 is 2.22 bits per heavy atom. The minimum atomic E-state index is -1.08. The van der Waals surface area contributed by atoms with Crippen LogP contribution in [0.2, 0.25) is 0 Å². The van der Waals surface area contributed by atoms with E-state index >= 15 is 0 Å². The Balaban J connectivity index is 2.05. The molecular weight excluding hydrogens is 354 g/mol. The Kier molecular flexibility index (Phi) is 8.08. The standard InChI is InChI=1S/C17H27N5O5/c1-2-3-4-5-6-8-12(24)27-17(26-10-7-9-23)22-11-19-13-14(22)20-16(18)21-15(13)25/h4-5,17,19,23H,2-3,6-11H2,1H3,(H3,18,20,21,25). The van der Waals surface area contributed by atoms with Crippen LogP contribution in [0, 0.1) is 0 Å². The molecule has 0 radical (unpaired) electrons. The normalized spacial score (nSPS) is 14.2. The number of aromatic nitrogens is 2. The summed E-state index contributed by atoms with van der Waals surface area (Å²) in [5, 5.41) is 11.8. The monoisotopic (exact) mass is 381 g/mol. The van der Waals surface area contributed by atoms with Gasteiger partial charge in [-0.2, -0.15) is 4.98 Å². The van der Waals surface area contributed by atoms with Crippen molar-refractivity contribution >= 4 is 23.4 Å². The predicted molar refractivity (Wildman–Crippen MR) is 101 cm³/mol. The zero-order valence-corrected chi connectivity index (χ0v) is 15.4. The number of aliphatic hydroxyl groups excluding tert-OH is 1. The number of nitrogens with zero attached hydrogens (tertiary/aromatic N) is 2. The molecule has 2 heterocycles. The smallest absolute Gasteiger partial charge is 0.309 e. The molecule has 0 bridgehead atoms. The predicted octanol–water partition coefficient (Wildman–Crippen LogP) is 0.904. The van der Waals surface area contributed by atoms with Crippen LogP contribution < -0.4 is 21.5 Å². The van der Waals surface area contributed by atoms with Crippen LogP contribution in [0.5, 0.6) is 0 Å². The number of carbonyl (C=O) groups excluding carboxylic acids is 1. The van der Waals surface area contributed by atoms with E-state index in [9.17, 15) is 9.59 Å². The molecule has 1 aromatic heterocycles. The number of aromatic amines is 1. The largest absolute Gasteiger partial charge is 0.416 e. The molecule has 1 aliphatic rings. The number of nitrogen functional groups attached to an aromatic ring is 1. The van der Waals surface area contributed by atoms with Crippen molar-refractivity contribution in [2.75, 3.05) is 35.8 Å². The topological polar surface area (TPSA) is 143 Å². The van der Waals surface area contributed by atoms with Crippen LogP contribution in [-0.4, -0.2) is 47.3 Å². The van der Waals surface area contributed by atoms with Crippen LogP contribution in [0.3, 0.4) is 0 Å². The van der Waals surface area contributed by atoms with Crippen molar-refractivity contribution in [1.29, 1.82) is 0 Å². The lowest BCUT2D eigenvalue weighted by atomic mass is 10.2. The summed E-state index contributed by atoms with van der Waals surface area (Å²) in [6.45, 7) is 2.38. The lowest BCUT2D eigenvalue weighted by Crippen LogP contribution is -2.41. The first-order chi connectivity index (χ1) is 13.1. The number of esters is 1. The van der Waals surface area contributed by atoms with Gasteiger partial charge in [-0.3, -0.25) is 19.5 Å². The fourth-order valence-corrected chi connectivity index (χ4v) is 2.47. The van der Waals surface area contributed by atoms with Crippen LogP contribution >= 0.6 is 0 Å². The van der Waals surface area contributed by atoms with Crippen molar-refractivity contribution in [3.63, 3.8) is 0 Å². The summed E-state index contributed by atoms with van der Waals surface area (Å²) in [4.78, 5) is 32.1. The number of fused-ring (bicyclic) bond motifs is 1. The second-order valence-electron chi connectivity index (χ2n) is 6.00. The summed E-state index contributed by atoms with van der Waals surface area (Å²) in [6, 6.07) is 0. The third kappa shape index (κ3) is 5.97. The van der Waals surface area contributed by atoms with Crippen molar-refractivity contribution in [2.24, 2.45) is 0 Å². The fourth-order valence-electron chi connectivity index (χ4n) is 2.47. The van der Waals surface area contributed by atoms with Gasteiger partial charge in [0.1, 0.15) is 5.69 Å². The van der Waals surface area contributed by atoms with E-state index in [4.69, 9.17) is 20.3 Å². The summed E-state index contributed by atoms with van der Waals surface area (Å²) < 4.78 is 11.0. The number of carbonyl (C=O) groups is 1. The van der Waals surface area contributed by atoms with Gasteiger partial charge in [-0.15, -0.1) is 0 Å². The average Bonchev–Trinajstić information content (AvgIpc) is 3.05. The van der Waals surface area contributed by atoms with E-state index in [2.05, 4.69) is 22.2 Å². The number of allylic oxidation sites excluding steroid dienone is 2. The number of H-pyrrole nitrogens is 1. The zero-order valence-electron chi connectivity index (χ0n) is 15.4. The third-order valence-electron chi connectivity index (χ3n) is 3.80. The number of aliphatic hydroxyl groups is 1. The van der Waals surface area contributed by atoms with Gasteiger partial charge in [-0.05, 0) is 19.3 Å². The summed E-state index contributed by atoms with van der Waals surface area (Å²) in [6.07, 6.45) is 6.08. The highest BCUT2D eigenvalue weighted by atomic mass is 16.7. The van der Waals surface area contributed by atoms with E-state index in [-0.39, 0.29) is 43.8 Å².